The summed E-state index contributed by atoms with van der Waals surface area (Å²) < 4.78 is 0. The minimum Gasteiger partial charge on any atom is -0.394 e. The molecule has 1 heterocycles. The predicted octanol–water partition coefficient (Wildman–Crippen LogP) is -0.0156. The summed E-state index contributed by atoms with van der Waals surface area (Å²) in [6.07, 6.45) is 3.79. The monoisotopic (exact) mass is 241 g/mol. The lowest BCUT2D eigenvalue weighted by molar-refractivity contribution is 0.0984. The van der Waals surface area contributed by atoms with Gasteiger partial charge in [-0.15, -0.1) is 0 Å². The van der Waals surface area contributed by atoms with Gasteiger partial charge in [-0.05, 0) is 52.4 Å². The first-order valence-corrected chi connectivity index (χ1v) is 6.91. The van der Waals surface area contributed by atoms with Crippen molar-refractivity contribution >= 4 is 0 Å². The van der Waals surface area contributed by atoms with Crippen LogP contribution in [0.3, 0.4) is 0 Å². The molecule has 100 valence electrons. The molecule has 1 aliphatic heterocycles. The van der Waals surface area contributed by atoms with Gasteiger partial charge in [0.1, 0.15) is 0 Å². The van der Waals surface area contributed by atoms with Crippen molar-refractivity contribution in [3.63, 3.8) is 0 Å². The second-order valence-electron chi connectivity index (χ2n) is 5.77. The van der Waals surface area contributed by atoms with Crippen LogP contribution in [-0.2, 0) is 0 Å². The summed E-state index contributed by atoms with van der Waals surface area (Å²) in [4.78, 5) is 4.92. The number of aliphatic hydroxyl groups is 1. The molecule has 1 saturated heterocycles. The number of aliphatic hydroxyl groups excluding tert-OH is 1. The minimum atomic E-state index is -0.0527. The van der Waals surface area contributed by atoms with E-state index in [-0.39, 0.29) is 12.1 Å². The SMILES string of the molecule is CNC(CO)(CN1CCCN(C)CC1)C1CC1. The Kier molecular flexibility index (Phi) is 4.42. The normalized spacial score (nSPS) is 27.7. The second-order valence-corrected chi connectivity index (χ2v) is 5.77. The molecule has 17 heavy (non-hydrogen) atoms. The third kappa shape index (κ3) is 3.19. The Hall–Kier alpha value is -0.160. The Morgan fingerprint density at radius 3 is 2.59 bits per heavy atom. The maximum absolute atomic E-state index is 9.74. The van der Waals surface area contributed by atoms with Crippen molar-refractivity contribution in [3.05, 3.63) is 0 Å². The summed E-state index contributed by atoms with van der Waals surface area (Å²) in [6.45, 7) is 5.91. The number of hydrogen-bond donors (Lipinski definition) is 2. The van der Waals surface area contributed by atoms with Crippen molar-refractivity contribution in [1.82, 2.24) is 15.1 Å². The van der Waals surface area contributed by atoms with Crippen molar-refractivity contribution in [2.24, 2.45) is 5.92 Å². The quantitative estimate of drug-likeness (QED) is 0.710. The Labute approximate surface area is 105 Å². The zero-order valence-electron chi connectivity index (χ0n) is 11.3. The molecule has 0 aromatic rings. The van der Waals surface area contributed by atoms with Gasteiger partial charge in [0.2, 0.25) is 0 Å². The van der Waals surface area contributed by atoms with Gasteiger partial charge in [-0.3, -0.25) is 0 Å². The van der Waals surface area contributed by atoms with Crippen LogP contribution in [-0.4, -0.2) is 73.9 Å². The summed E-state index contributed by atoms with van der Waals surface area (Å²) in [5, 5.41) is 13.1. The van der Waals surface area contributed by atoms with Gasteiger partial charge in [-0.1, -0.05) is 0 Å². The fraction of sp³-hybridized carbons (Fsp3) is 1.00. The van der Waals surface area contributed by atoms with Crippen LogP contribution in [0, 0.1) is 5.92 Å². The fourth-order valence-corrected chi connectivity index (χ4v) is 2.96. The molecule has 2 fully saturated rings. The fourth-order valence-electron chi connectivity index (χ4n) is 2.96. The number of hydrogen-bond acceptors (Lipinski definition) is 4. The average Bonchev–Trinajstić information content (AvgIpc) is 3.16. The predicted molar refractivity (Wildman–Crippen MR) is 70.2 cm³/mol. The summed E-state index contributed by atoms with van der Waals surface area (Å²) in [7, 11) is 4.19. The maximum atomic E-state index is 9.74. The van der Waals surface area contributed by atoms with Gasteiger partial charge in [0.15, 0.2) is 0 Å². The number of likely N-dealkylation sites (N-methyl/N-ethyl adjacent to an activating group) is 2. The smallest absolute Gasteiger partial charge is 0.0628 e. The van der Waals surface area contributed by atoms with E-state index in [2.05, 4.69) is 22.2 Å². The Morgan fingerprint density at radius 1 is 1.24 bits per heavy atom. The molecule has 0 radical (unpaired) electrons. The van der Waals surface area contributed by atoms with Crippen molar-refractivity contribution < 1.29 is 5.11 Å². The highest BCUT2D eigenvalue weighted by Crippen LogP contribution is 2.39. The van der Waals surface area contributed by atoms with E-state index in [4.69, 9.17) is 0 Å². The van der Waals surface area contributed by atoms with Gasteiger partial charge in [0.05, 0.1) is 12.1 Å². The molecular weight excluding hydrogens is 214 g/mol. The highest BCUT2D eigenvalue weighted by atomic mass is 16.3. The molecule has 1 saturated carbocycles. The molecule has 2 N–H and O–H groups in total. The maximum Gasteiger partial charge on any atom is 0.0628 e. The first kappa shape index (κ1) is 13.3. The first-order valence-electron chi connectivity index (χ1n) is 6.91. The number of rotatable bonds is 5. The standard InChI is InChI=1S/C13H27N3O/c1-14-13(11-17,12-4-5-12)10-16-7-3-6-15(2)8-9-16/h12,14,17H,3-11H2,1-2H3. The van der Waals surface area contributed by atoms with Gasteiger partial charge in [0, 0.05) is 19.6 Å². The minimum absolute atomic E-state index is 0.0527. The van der Waals surface area contributed by atoms with Crippen molar-refractivity contribution in [3.8, 4) is 0 Å². The van der Waals surface area contributed by atoms with Crippen LogP contribution in [0.2, 0.25) is 0 Å². The van der Waals surface area contributed by atoms with E-state index in [0.29, 0.717) is 5.92 Å². The van der Waals surface area contributed by atoms with Crippen LogP contribution in [0.4, 0.5) is 0 Å². The number of nitrogens with zero attached hydrogens (tertiary/aromatic N) is 2. The largest absolute Gasteiger partial charge is 0.394 e. The summed E-state index contributed by atoms with van der Waals surface area (Å²) in [5.74, 6) is 0.679. The van der Waals surface area contributed by atoms with E-state index in [1.165, 1.54) is 32.4 Å². The molecule has 2 aliphatic rings. The lowest BCUT2D eigenvalue weighted by Crippen LogP contribution is -2.57. The summed E-state index contributed by atoms with van der Waals surface area (Å²) in [5.41, 5.74) is -0.0527. The zero-order valence-corrected chi connectivity index (χ0v) is 11.3. The van der Waals surface area contributed by atoms with E-state index in [1.807, 2.05) is 7.05 Å². The van der Waals surface area contributed by atoms with Crippen LogP contribution >= 0.6 is 0 Å². The van der Waals surface area contributed by atoms with Crippen molar-refractivity contribution in [1.29, 1.82) is 0 Å². The summed E-state index contributed by atoms with van der Waals surface area (Å²) in [6, 6.07) is 0. The Balaban J connectivity index is 1.92. The first-order chi connectivity index (χ1) is 8.20. The molecule has 0 aromatic carbocycles. The molecule has 1 aliphatic carbocycles. The van der Waals surface area contributed by atoms with E-state index < -0.39 is 0 Å². The topological polar surface area (TPSA) is 38.7 Å². The molecule has 0 amide bonds. The van der Waals surface area contributed by atoms with Gasteiger partial charge >= 0.3 is 0 Å². The van der Waals surface area contributed by atoms with Gasteiger partial charge in [-0.2, -0.15) is 0 Å². The molecular formula is C13H27N3O. The Morgan fingerprint density at radius 2 is 2.00 bits per heavy atom. The average molecular weight is 241 g/mol. The van der Waals surface area contributed by atoms with E-state index in [0.717, 1.165) is 19.6 Å². The van der Waals surface area contributed by atoms with Crippen LogP contribution in [0.25, 0.3) is 0 Å². The highest BCUT2D eigenvalue weighted by molar-refractivity contribution is 5.02. The molecule has 1 unspecified atom stereocenters. The van der Waals surface area contributed by atoms with Gasteiger partial charge in [-0.25, -0.2) is 0 Å². The molecule has 1 atom stereocenters. The van der Waals surface area contributed by atoms with Crippen LogP contribution in [0.15, 0.2) is 0 Å². The third-order valence-electron chi connectivity index (χ3n) is 4.46. The summed E-state index contributed by atoms with van der Waals surface area (Å²) >= 11 is 0. The molecule has 2 rings (SSSR count). The van der Waals surface area contributed by atoms with Crippen molar-refractivity contribution in [2.75, 3.05) is 53.4 Å². The zero-order chi connectivity index (χ0) is 12.3. The molecule has 0 bridgehead atoms. The van der Waals surface area contributed by atoms with Crippen LogP contribution in [0.5, 0.6) is 0 Å². The van der Waals surface area contributed by atoms with Gasteiger partial charge < -0.3 is 20.2 Å². The van der Waals surface area contributed by atoms with E-state index in [1.54, 1.807) is 0 Å². The lowest BCUT2D eigenvalue weighted by Gasteiger charge is -2.37. The molecule has 0 spiro atoms. The van der Waals surface area contributed by atoms with Gasteiger partial charge in [0.25, 0.3) is 0 Å². The third-order valence-corrected chi connectivity index (χ3v) is 4.46. The van der Waals surface area contributed by atoms with E-state index in [9.17, 15) is 5.11 Å². The van der Waals surface area contributed by atoms with Crippen LogP contribution < -0.4 is 5.32 Å². The van der Waals surface area contributed by atoms with Crippen LogP contribution in [0.1, 0.15) is 19.3 Å². The Bertz CT molecular complexity index is 239. The van der Waals surface area contributed by atoms with Crippen molar-refractivity contribution in [2.45, 2.75) is 24.8 Å². The van der Waals surface area contributed by atoms with E-state index >= 15 is 0 Å². The molecule has 0 aromatic heterocycles. The molecule has 4 nitrogen and oxygen atoms in total. The lowest BCUT2D eigenvalue weighted by atomic mass is 9.93. The highest BCUT2D eigenvalue weighted by Gasteiger charge is 2.44. The number of nitrogens with one attached hydrogen (secondary N) is 1. The second kappa shape index (κ2) is 5.65. The molecule has 4 heteroatoms.